The Hall–Kier alpha value is -1.14. The van der Waals surface area contributed by atoms with E-state index in [9.17, 15) is 18.0 Å². The number of esters is 1. The highest BCUT2D eigenvalue weighted by atomic mass is 35.5. The number of nitrogens with one attached hydrogen (secondary N) is 2. The second-order valence-electron chi connectivity index (χ2n) is 8.75. The summed E-state index contributed by atoms with van der Waals surface area (Å²) in [6, 6.07) is -0.214. The van der Waals surface area contributed by atoms with Crippen molar-refractivity contribution in [3.63, 3.8) is 0 Å². The van der Waals surface area contributed by atoms with Crippen LogP contribution in [0.1, 0.15) is 52.4 Å². The number of halogens is 1. The molecule has 34 heavy (non-hydrogen) atoms. The lowest BCUT2D eigenvalue weighted by molar-refractivity contribution is -0.143. The Labute approximate surface area is 210 Å². The van der Waals surface area contributed by atoms with Gasteiger partial charge in [0.05, 0.1) is 18.5 Å². The summed E-state index contributed by atoms with van der Waals surface area (Å²) in [5.41, 5.74) is 0. The zero-order valence-corrected chi connectivity index (χ0v) is 22.3. The predicted molar refractivity (Wildman–Crippen MR) is 134 cm³/mol. The molecule has 10 nitrogen and oxygen atoms in total. The molecule has 12 heteroatoms. The number of likely N-dealkylation sites (tertiary alicyclic amines) is 1. The number of sulfonamides is 1. The second kappa shape index (κ2) is 16.5. The number of hydrogen-bond acceptors (Lipinski definition) is 7. The Morgan fingerprint density at radius 2 is 1.79 bits per heavy atom. The van der Waals surface area contributed by atoms with Crippen LogP contribution in [0.2, 0.25) is 0 Å². The van der Waals surface area contributed by atoms with Crippen LogP contribution in [0.4, 0.5) is 4.79 Å². The summed E-state index contributed by atoms with van der Waals surface area (Å²) in [5.74, 6) is 0.0102. The molecule has 0 atom stereocenters. The average Bonchev–Trinajstić information content (AvgIpc) is 2.82. The van der Waals surface area contributed by atoms with Crippen molar-refractivity contribution in [2.75, 3.05) is 64.8 Å². The van der Waals surface area contributed by atoms with Gasteiger partial charge in [-0.2, -0.15) is 4.31 Å². The van der Waals surface area contributed by atoms with Gasteiger partial charge in [0.15, 0.2) is 0 Å². The van der Waals surface area contributed by atoms with Crippen molar-refractivity contribution >= 4 is 34.4 Å². The molecule has 200 valence electrons. The normalized spacial score (nSPS) is 17.9. The van der Waals surface area contributed by atoms with Crippen molar-refractivity contribution in [1.82, 2.24) is 19.8 Å². The number of hydrogen-bond donors (Lipinski definition) is 2. The van der Waals surface area contributed by atoms with E-state index < -0.39 is 16.0 Å². The Bertz CT molecular complexity index is 698. The van der Waals surface area contributed by atoms with Crippen LogP contribution in [0.3, 0.4) is 0 Å². The van der Waals surface area contributed by atoms with Crippen LogP contribution in [0.15, 0.2) is 0 Å². The standard InChI is InChI=1S/C22H42N4O6S.ClH/c1-3-5-16-33(29,30)26(17-21(27)31-4-2)15-12-24-22(28)25-13-8-20(9-14-25)32-18-19-6-10-23-11-7-19;/h19-20,23H,3-18H2,1-2H3,(H,24,28);1H. The Kier molecular flexibility index (Phi) is 15.0. The van der Waals surface area contributed by atoms with Gasteiger partial charge in [0, 0.05) is 32.8 Å². The van der Waals surface area contributed by atoms with Gasteiger partial charge < -0.3 is 25.0 Å². The van der Waals surface area contributed by atoms with Gasteiger partial charge in [-0.1, -0.05) is 13.3 Å². The van der Waals surface area contributed by atoms with Gasteiger partial charge in [-0.25, -0.2) is 13.2 Å². The maximum atomic E-state index is 12.6. The third kappa shape index (κ3) is 11.1. The summed E-state index contributed by atoms with van der Waals surface area (Å²) in [6.07, 6.45) is 5.36. The molecule has 2 amide bonds. The van der Waals surface area contributed by atoms with Crippen LogP contribution in [-0.2, 0) is 24.3 Å². The topological polar surface area (TPSA) is 117 Å². The molecule has 0 saturated carbocycles. The average molecular weight is 527 g/mol. The quantitative estimate of drug-likeness (QED) is 0.350. The van der Waals surface area contributed by atoms with E-state index in [1.807, 2.05) is 6.92 Å². The molecule has 2 rings (SSSR count). The van der Waals surface area contributed by atoms with Gasteiger partial charge in [0.1, 0.15) is 6.54 Å². The maximum absolute atomic E-state index is 12.6. The number of rotatable bonds is 13. The molecule has 2 fully saturated rings. The van der Waals surface area contributed by atoms with Gasteiger partial charge in [0.2, 0.25) is 10.0 Å². The fourth-order valence-electron chi connectivity index (χ4n) is 4.07. The molecule has 2 aliphatic heterocycles. The molecule has 2 aliphatic rings. The van der Waals surface area contributed by atoms with E-state index in [0.29, 0.717) is 25.4 Å². The van der Waals surface area contributed by atoms with Crippen LogP contribution in [-0.4, -0.2) is 101 Å². The van der Waals surface area contributed by atoms with Crippen molar-refractivity contribution < 1.29 is 27.5 Å². The molecular weight excluding hydrogens is 484 g/mol. The number of carbonyl (C=O) groups is 2. The highest BCUT2D eigenvalue weighted by Gasteiger charge is 2.27. The minimum Gasteiger partial charge on any atom is -0.465 e. The fourth-order valence-corrected chi connectivity index (χ4v) is 5.65. The lowest BCUT2D eigenvalue weighted by Crippen LogP contribution is -2.48. The number of unbranched alkanes of at least 4 members (excludes halogenated alkanes) is 1. The van der Waals surface area contributed by atoms with Crippen molar-refractivity contribution in [3.8, 4) is 0 Å². The van der Waals surface area contributed by atoms with Gasteiger partial charge in [-0.05, 0) is 58.0 Å². The molecule has 2 heterocycles. The molecule has 2 saturated heterocycles. The smallest absolute Gasteiger partial charge is 0.321 e. The highest BCUT2D eigenvalue weighted by Crippen LogP contribution is 2.18. The second-order valence-corrected chi connectivity index (χ2v) is 10.8. The number of nitrogens with zero attached hydrogens (tertiary/aromatic N) is 2. The zero-order valence-electron chi connectivity index (χ0n) is 20.6. The van der Waals surface area contributed by atoms with Gasteiger partial charge in [-0.3, -0.25) is 4.79 Å². The minimum absolute atomic E-state index is 0. The molecule has 0 aromatic heterocycles. The SMILES string of the molecule is CCCCS(=O)(=O)N(CCNC(=O)N1CCC(OCC2CCNCC2)CC1)CC(=O)OCC.Cl. The van der Waals surface area contributed by atoms with E-state index >= 15 is 0 Å². The number of piperidine rings is 2. The van der Waals surface area contributed by atoms with Crippen LogP contribution in [0, 0.1) is 5.92 Å². The van der Waals surface area contributed by atoms with Crippen molar-refractivity contribution in [2.45, 2.75) is 58.5 Å². The number of urea groups is 1. The Balaban J connectivity index is 0.00000578. The molecule has 2 N–H and O–H groups in total. The fraction of sp³-hybridized carbons (Fsp3) is 0.909. The van der Waals surface area contributed by atoms with Crippen LogP contribution in [0.25, 0.3) is 0 Å². The van der Waals surface area contributed by atoms with Gasteiger partial charge in [-0.15, -0.1) is 12.4 Å². The highest BCUT2D eigenvalue weighted by molar-refractivity contribution is 7.89. The first kappa shape index (κ1) is 30.9. The summed E-state index contributed by atoms with van der Waals surface area (Å²) in [6.45, 7) is 7.75. The largest absolute Gasteiger partial charge is 0.465 e. The molecule has 0 bridgehead atoms. The molecule has 0 aliphatic carbocycles. The lowest BCUT2D eigenvalue weighted by Gasteiger charge is -2.33. The summed E-state index contributed by atoms with van der Waals surface area (Å²) in [7, 11) is -3.60. The van der Waals surface area contributed by atoms with E-state index in [0.717, 1.165) is 56.1 Å². The van der Waals surface area contributed by atoms with E-state index in [1.165, 1.54) is 0 Å². The minimum atomic E-state index is -3.60. The lowest BCUT2D eigenvalue weighted by atomic mass is 9.99. The Morgan fingerprint density at radius 3 is 2.41 bits per heavy atom. The van der Waals surface area contributed by atoms with Crippen molar-refractivity contribution in [3.05, 3.63) is 0 Å². The molecule has 0 aromatic rings. The number of carbonyl (C=O) groups excluding carboxylic acids is 2. The van der Waals surface area contributed by atoms with Crippen LogP contribution >= 0.6 is 12.4 Å². The summed E-state index contributed by atoms with van der Waals surface area (Å²) < 4.78 is 37.3. The van der Waals surface area contributed by atoms with Crippen LogP contribution in [0.5, 0.6) is 0 Å². The first-order chi connectivity index (χ1) is 15.9. The summed E-state index contributed by atoms with van der Waals surface area (Å²) >= 11 is 0. The number of amides is 2. The predicted octanol–water partition coefficient (Wildman–Crippen LogP) is 1.59. The molecule has 0 aromatic carbocycles. The van der Waals surface area contributed by atoms with Gasteiger partial charge in [0.25, 0.3) is 0 Å². The van der Waals surface area contributed by atoms with E-state index in [1.54, 1.807) is 11.8 Å². The van der Waals surface area contributed by atoms with Crippen molar-refractivity contribution in [2.24, 2.45) is 5.92 Å². The van der Waals surface area contributed by atoms with Gasteiger partial charge >= 0.3 is 12.0 Å². The Morgan fingerprint density at radius 1 is 1.12 bits per heavy atom. The van der Waals surface area contributed by atoms with Crippen LogP contribution < -0.4 is 10.6 Å². The molecule has 0 radical (unpaired) electrons. The summed E-state index contributed by atoms with van der Waals surface area (Å²) in [5, 5.41) is 6.16. The third-order valence-electron chi connectivity index (χ3n) is 6.15. The van der Waals surface area contributed by atoms with Crippen molar-refractivity contribution in [1.29, 1.82) is 0 Å². The molecule has 0 spiro atoms. The van der Waals surface area contributed by atoms with E-state index in [4.69, 9.17) is 9.47 Å². The first-order valence-corrected chi connectivity index (χ1v) is 13.9. The summed E-state index contributed by atoms with van der Waals surface area (Å²) in [4.78, 5) is 26.2. The molecule has 0 unspecified atom stereocenters. The molecular formula is C22H43ClN4O6S. The first-order valence-electron chi connectivity index (χ1n) is 12.3. The number of ether oxygens (including phenoxy) is 2. The third-order valence-corrected chi connectivity index (χ3v) is 8.06. The van der Waals surface area contributed by atoms with E-state index in [-0.39, 0.29) is 56.5 Å². The monoisotopic (exact) mass is 526 g/mol. The maximum Gasteiger partial charge on any atom is 0.321 e. The zero-order chi connectivity index (χ0) is 24.1. The van der Waals surface area contributed by atoms with E-state index in [2.05, 4.69) is 10.6 Å².